The molecule has 1 saturated heterocycles. The van der Waals surface area contributed by atoms with Crippen LogP contribution in [-0.4, -0.2) is 44.7 Å². The normalized spacial score (nSPS) is 22.4. The number of hydrogen-bond acceptors (Lipinski definition) is 6. The van der Waals surface area contributed by atoms with E-state index >= 15 is 0 Å². The number of ether oxygens (including phenoxy) is 2. The molecular weight excluding hydrogens is 448 g/mol. The van der Waals surface area contributed by atoms with E-state index in [1.807, 2.05) is 91.0 Å². The van der Waals surface area contributed by atoms with E-state index in [2.05, 4.69) is 0 Å². The molecule has 0 bridgehead atoms. The molecule has 6 heteroatoms. The summed E-state index contributed by atoms with van der Waals surface area (Å²) < 4.78 is 12.1. The van der Waals surface area contributed by atoms with Crippen LogP contribution in [0, 0.1) is 0 Å². The van der Waals surface area contributed by atoms with E-state index in [1.165, 1.54) is 18.7 Å². The number of aliphatic hydroxyl groups is 2. The van der Waals surface area contributed by atoms with Crippen molar-refractivity contribution in [3.63, 3.8) is 0 Å². The highest BCUT2D eigenvalue weighted by molar-refractivity contribution is 8.00. The molecule has 0 saturated carbocycles. The lowest BCUT2D eigenvalue weighted by Crippen LogP contribution is -2.52. The van der Waals surface area contributed by atoms with E-state index in [-0.39, 0.29) is 0 Å². The molecule has 0 aliphatic carbocycles. The van der Waals surface area contributed by atoms with Crippen molar-refractivity contribution >= 4 is 17.7 Å². The Morgan fingerprint density at radius 1 is 0.794 bits per heavy atom. The number of thioether (sulfide) groups is 1. The Labute approximate surface area is 204 Å². The van der Waals surface area contributed by atoms with Gasteiger partial charge in [-0.15, -0.1) is 11.8 Å². The van der Waals surface area contributed by atoms with Crippen LogP contribution in [0.4, 0.5) is 0 Å². The minimum atomic E-state index is -1.20. The summed E-state index contributed by atoms with van der Waals surface area (Å²) in [6, 6.07) is 29.9. The van der Waals surface area contributed by atoms with E-state index in [0.717, 1.165) is 16.7 Å². The maximum Gasteiger partial charge on any atom is 0.303 e. The van der Waals surface area contributed by atoms with E-state index in [9.17, 15) is 15.0 Å². The van der Waals surface area contributed by atoms with Crippen molar-refractivity contribution in [1.82, 2.24) is 0 Å². The molecule has 0 radical (unpaired) electrons. The zero-order valence-corrected chi connectivity index (χ0v) is 19.9. The summed E-state index contributed by atoms with van der Waals surface area (Å²) in [5.41, 5.74) is 1.40. The van der Waals surface area contributed by atoms with Crippen molar-refractivity contribution in [2.75, 3.05) is 0 Å². The number of aliphatic hydroxyl groups excluding tert-OH is 2. The van der Waals surface area contributed by atoms with Crippen LogP contribution in [0.25, 0.3) is 0 Å². The summed E-state index contributed by atoms with van der Waals surface area (Å²) in [5.74, 6) is -0.494. The van der Waals surface area contributed by atoms with Crippen LogP contribution in [0.2, 0.25) is 0 Å². The van der Waals surface area contributed by atoms with Crippen molar-refractivity contribution in [3.8, 4) is 0 Å². The highest BCUT2D eigenvalue weighted by Crippen LogP contribution is 2.45. The third kappa shape index (κ3) is 5.88. The number of rotatable bonds is 9. The largest absolute Gasteiger partial charge is 0.449 e. The second-order valence-electron chi connectivity index (χ2n) is 8.68. The first-order valence-corrected chi connectivity index (χ1v) is 12.4. The third-order valence-electron chi connectivity index (χ3n) is 6.08. The summed E-state index contributed by atoms with van der Waals surface area (Å²) in [4.78, 5) is 11.6. The van der Waals surface area contributed by atoms with Crippen molar-refractivity contribution in [3.05, 3.63) is 108 Å². The highest BCUT2D eigenvalue weighted by atomic mass is 32.2. The fourth-order valence-corrected chi connectivity index (χ4v) is 6.08. The minimum absolute atomic E-state index is 0.346. The molecule has 34 heavy (non-hydrogen) atoms. The molecule has 1 aliphatic rings. The quantitative estimate of drug-likeness (QED) is 0.450. The van der Waals surface area contributed by atoms with Gasteiger partial charge in [0.15, 0.2) is 5.44 Å². The smallest absolute Gasteiger partial charge is 0.303 e. The molecule has 3 aromatic rings. The topological polar surface area (TPSA) is 76.0 Å². The van der Waals surface area contributed by atoms with E-state index in [1.54, 1.807) is 0 Å². The number of carbonyl (C=O) groups is 1. The first-order valence-electron chi connectivity index (χ1n) is 11.4. The van der Waals surface area contributed by atoms with Gasteiger partial charge < -0.3 is 19.7 Å². The van der Waals surface area contributed by atoms with Gasteiger partial charge in [0.25, 0.3) is 0 Å². The molecule has 2 N–H and O–H groups in total. The Morgan fingerprint density at radius 3 is 1.74 bits per heavy atom. The second-order valence-corrected chi connectivity index (χ2v) is 9.92. The maximum absolute atomic E-state index is 11.6. The molecule has 0 unspecified atom stereocenters. The molecule has 178 valence electrons. The lowest BCUT2D eigenvalue weighted by molar-refractivity contribution is -0.148. The van der Waals surface area contributed by atoms with Gasteiger partial charge in [-0.25, -0.2) is 0 Å². The summed E-state index contributed by atoms with van der Waals surface area (Å²) in [7, 11) is 0. The van der Waals surface area contributed by atoms with Gasteiger partial charge in [0.1, 0.15) is 6.10 Å². The molecule has 0 spiro atoms. The third-order valence-corrected chi connectivity index (χ3v) is 7.73. The molecule has 4 atom stereocenters. The van der Waals surface area contributed by atoms with Gasteiger partial charge in [0.2, 0.25) is 0 Å². The molecule has 4 rings (SSSR count). The lowest BCUT2D eigenvalue weighted by atomic mass is 9.81. The molecular formula is C28H30O5S. The van der Waals surface area contributed by atoms with Gasteiger partial charge in [-0.3, -0.25) is 4.79 Å². The predicted octanol–water partition coefficient (Wildman–Crippen LogP) is 4.15. The number of carbonyl (C=O) groups excluding carboxylic acids is 1. The summed E-state index contributed by atoms with van der Waals surface area (Å²) >= 11 is 1.27. The average Bonchev–Trinajstić information content (AvgIpc) is 3.13. The van der Waals surface area contributed by atoms with Gasteiger partial charge in [0.05, 0.1) is 23.6 Å². The van der Waals surface area contributed by atoms with Crippen molar-refractivity contribution in [2.45, 2.75) is 54.9 Å². The van der Waals surface area contributed by atoms with Crippen LogP contribution in [0.3, 0.4) is 0 Å². The van der Waals surface area contributed by atoms with E-state index in [4.69, 9.17) is 9.47 Å². The lowest BCUT2D eigenvalue weighted by Gasteiger charge is -2.40. The Balaban J connectivity index is 1.74. The second kappa shape index (κ2) is 11.2. The SMILES string of the molecule is CC(=O)O[C@H]1S[C@@H](C(Cc2ccccc2)(Cc2ccccc2)OCc2ccccc2)[C@H](O)[C@H]1O. The zero-order chi connectivity index (χ0) is 24.0. The fourth-order valence-electron chi connectivity index (χ4n) is 4.47. The summed E-state index contributed by atoms with van der Waals surface area (Å²) in [6.45, 7) is 1.65. The Bertz CT molecular complexity index is 1000. The van der Waals surface area contributed by atoms with Crippen LogP contribution in [-0.2, 0) is 33.7 Å². The fraction of sp³-hybridized carbons (Fsp3) is 0.321. The van der Waals surface area contributed by atoms with Crippen molar-refractivity contribution in [2.24, 2.45) is 0 Å². The monoisotopic (exact) mass is 478 g/mol. The van der Waals surface area contributed by atoms with Crippen LogP contribution < -0.4 is 0 Å². The zero-order valence-electron chi connectivity index (χ0n) is 19.1. The van der Waals surface area contributed by atoms with Crippen molar-refractivity contribution < 1.29 is 24.5 Å². The van der Waals surface area contributed by atoms with Crippen LogP contribution >= 0.6 is 11.8 Å². The Hall–Kier alpha value is -2.64. The molecule has 1 fully saturated rings. The standard InChI is InChI=1S/C28H30O5S/c1-20(29)33-27-25(31)24(30)26(34-27)28(17-21-11-5-2-6-12-21,18-22-13-7-3-8-14-22)32-19-23-15-9-4-10-16-23/h2-16,24-27,30-31H,17-19H2,1H3/t24-,25-,26-,27+/m1/s1. The van der Waals surface area contributed by atoms with Crippen LogP contribution in [0.1, 0.15) is 23.6 Å². The summed E-state index contributed by atoms with van der Waals surface area (Å²) in [5, 5.41) is 21.4. The van der Waals surface area contributed by atoms with Gasteiger partial charge in [-0.05, 0) is 16.7 Å². The molecule has 5 nitrogen and oxygen atoms in total. The van der Waals surface area contributed by atoms with E-state index < -0.39 is 34.5 Å². The molecule has 1 aliphatic heterocycles. The summed E-state index contributed by atoms with van der Waals surface area (Å²) in [6.07, 6.45) is -1.30. The molecule has 3 aromatic carbocycles. The number of esters is 1. The minimum Gasteiger partial charge on any atom is -0.449 e. The predicted molar refractivity (Wildman–Crippen MR) is 133 cm³/mol. The van der Waals surface area contributed by atoms with Gasteiger partial charge in [0, 0.05) is 19.8 Å². The maximum atomic E-state index is 11.6. The molecule has 0 amide bonds. The van der Waals surface area contributed by atoms with Crippen molar-refractivity contribution in [1.29, 1.82) is 0 Å². The Morgan fingerprint density at radius 2 is 1.26 bits per heavy atom. The highest BCUT2D eigenvalue weighted by Gasteiger charge is 2.54. The van der Waals surface area contributed by atoms with Crippen LogP contribution in [0.15, 0.2) is 91.0 Å². The van der Waals surface area contributed by atoms with Crippen LogP contribution in [0.5, 0.6) is 0 Å². The van der Waals surface area contributed by atoms with E-state index in [0.29, 0.717) is 19.4 Å². The van der Waals surface area contributed by atoms with Gasteiger partial charge in [-0.1, -0.05) is 91.0 Å². The van der Waals surface area contributed by atoms with Gasteiger partial charge >= 0.3 is 5.97 Å². The molecule has 0 aromatic heterocycles. The van der Waals surface area contributed by atoms with Gasteiger partial charge in [-0.2, -0.15) is 0 Å². The number of hydrogen-bond donors (Lipinski definition) is 2. The first-order chi connectivity index (χ1) is 16.5. The Kier molecular flexibility index (Phi) is 8.06. The first kappa shape index (κ1) is 24.5. The number of benzene rings is 3. The molecule has 1 heterocycles. The average molecular weight is 479 g/mol.